The average Bonchev–Trinajstić information content (AvgIpc) is 2.45. The third-order valence-electron chi connectivity index (χ3n) is 3.82. The number of primary amides is 1. The molecule has 1 heterocycles. The molecule has 2 rings (SSSR count). The molecule has 0 aromatic carbocycles. The van der Waals surface area contributed by atoms with Crippen LogP contribution >= 0.6 is 0 Å². The molecule has 0 saturated heterocycles. The molecule has 5 heteroatoms. The van der Waals surface area contributed by atoms with Crippen molar-refractivity contribution >= 4 is 5.91 Å². The van der Waals surface area contributed by atoms with Gasteiger partial charge in [0.2, 0.25) is 0 Å². The number of carbonyl (C=O) groups is 1. The predicted molar refractivity (Wildman–Crippen MR) is 72.8 cm³/mol. The zero-order valence-corrected chi connectivity index (χ0v) is 11.0. The number of nitrogens with two attached hydrogens (primary N) is 2. The fraction of sp³-hybridized carbons (Fsp3) is 0.571. The Morgan fingerprint density at radius 1 is 1.37 bits per heavy atom. The Morgan fingerprint density at radius 3 is 2.79 bits per heavy atom. The molecule has 1 fully saturated rings. The number of hydrogen-bond acceptors (Lipinski definition) is 4. The second kappa shape index (κ2) is 6.52. The molecule has 1 aliphatic carbocycles. The second-order valence-corrected chi connectivity index (χ2v) is 5.09. The van der Waals surface area contributed by atoms with E-state index in [0.717, 1.165) is 13.0 Å². The van der Waals surface area contributed by atoms with Crippen molar-refractivity contribution in [3.63, 3.8) is 0 Å². The van der Waals surface area contributed by atoms with Crippen LogP contribution in [0.5, 0.6) is 5.75 Å². The number of rotatable bonds is 5. The van der Waals surface area contributed by atoms with Gasteiger partial charge in [-0.25, -0.2) is 0 Å². The van der Waals surface area contributed by atoms with E-state index in [1.807, 2.05) is 0 Å². The Labute approximate surface area is 113 Å². The summed E-state index contributed by atoms with van der Waals surface area (Å²) in [5.74, 6) is 1.16. The van der Waals surface area contributed by atoms with Crippen LogP contribution in [0.3, 0.4) is 0 Å². The summed E-state index contributed by atoms with van der Waals surface area (Å²) in [5, 5.41) is 0. The Kier molecular flexibility index (Phi) is 4.74. The third-order valence-corrected chi connectivity index (χ3v) is 3.82. The van der Waals surface area contributed by atoms with E-state index in [4.69, 9.17) is 16.2 Å². The van der Waals surface area contributed by atoms with Crippen molar-refractivity contribution in [2.45, 2.75) is 25.7 Å². The van der Waals surface area contributed by atoms with Gasteiger partial charge in [-0.15, -0.1) is 0 Å². The summed E-state index contributed by atoms with van der Waals surface area (Å²) in [6.45, 7) is 1.36. The van der Waals surface area contributed by atoms with Crippen LogP contribution in [0.4, 0.5) is 0 Å². The lowest BCUT2D eigenvalue weighted by Crippen LogP contribution is -2.30. The largest absolute Gasteiger partial charge is 0.493 e. The fourth-order valence-corrected chi connectivity index (χ4v) is 2.65. The topological polar surface area (TPSA) is 91.2 Å². The van der Waals surface area contributed by atoms with Gasteiger partial charge in [-0.1, -0.05) is 12.8 Å². The first-order valence-electron chi connectivity index (χ1n) is 6.79. The van der Waals surface area contributed by atoms with Crippen molar-refractivity contribution in [1.29, 1.82) is 0 Å². The van der Waals surface area contributed by atoms with Crippen molar-refractivity contribution in [2.75, 3.05) is 13.2 Å². The van der Waals surface area contributed by atoms with E-state index >= 15 is 0 Å². The van der Waals surface area contributed by atoms with E-state index in [0.29, 0.717) is 24.2 Å². The van der Waals surface area contributed by atoms with Crippen LogP contribution in [-0.2, 0) is 0 Å². The number of hydrogen-bond donors (Lipinski definition) is 2. The minimum Gasteiger partial charge on any atom is -0.493 e. The molecular weight excluding hydrogens is 242 g/mol. The summed E-state index contributed by atoms with van der Waals surface area (Å²) in [5.41, 5.74) is 11.2. The van der Waals surface area contributed by atoms with E-state index in [9.17, 15) is 4.79 Å². The predicted octanol–water partition coefficient (Wildman–Crippen LogP) is 1.32. The number of nitrogens with zero attached hydrogens (tertiary/aromatic N) is 1. The summed E-state index contributed by atoms with van der Waals surface area (Å²) in [4.78, 5) is 14.9. The van der Waals surface area contributed by atoms with Crippen molar-refractivity contribution in [3.05, 3.63) is 24.0 Å². The van der Waals surface area contributed by atoms with Gasteiger partial charge in [0.25, 0.3) is 5.91 Å². The molecule has 0 spiro atoms. The van der Waals surface area contributed by atoms with Gasteiger partial charge in [0.15, 0.2) is 0 Å². The van der Waals surface area contributed by atoms with Gasteiger partial charge in [0.05, 0.1) is 6.61 Å². The maximum absolute atomic E-state index is 11.0. The van der Waals surface area contributed by atoms with Gasteiger partial charge in [0.1, 0.15) is 11.4 Å². The van der Waals surface area contributed by atoms with Crippen LogP contribution < -0.4 is 16.2 Å². The van der Waals surface area contributed by atoms with E-state index in [-0.39, 0.29) is 5.69 Å². The first kappa shape index (κ1) is 13.8. The molecular formula is C14H21N3O2. The molecule has 4 N–H and O–H groups in total. The van der Waals surface area contributed by atoms with Crippen molar-refractivity contribution in [3.8, 4) is 5.75 Å². The minimum atomic E-state index is -0.539. The highest BCUT2D eigenvalue weighted by molar-refractivity contribution is 5.91. The Balaban J connectivity index is 1.94. The quantitative estimate of drug-likeness (QED) is 0.838. The lowest BCUT2D eigenvalue weighted by Gasteiger charge is -2.30. The molecule has 0 aliphatic heterocycles. The van der Waals surface area contributed by atoms with Gasteiger partial charge < -0.3 is 16.2 Å². The van der Waals surface area contributed by atoms with E-state index in [1.54, 1.807) is 12.1 Å². The number of amides is 1. The average molecular weight is 263 g/mol. The third kappa shape index (κ3) is 3.67. The molecule has 19 heavy (non-hydrogen) atoms. The maximum Gasteiger partial charge on any atom is 0.267 e. The first-order chi connectivity index (χ1) is 9.20. The molecule has 1 aromatic rings. The molecule has 104 valence electrons. The number of aromatic nitrogens is 1. The number of ether oxygens (including phenoxy) is 1. The van der Waals surface area contributed by atoms with Gasteiger partial charge >= 0.3 is 0 Å². The molecule has 1 amide bonds. The number of pyridine rings is 1. The smallest absolute Gasteiger partial charge is 0.267 e. The maximum atomic E-state index is 11.0. The van der Waals surface area contributed by atoms with E-state index in [2.05, 4.69) is 4.98 Å². The molecule has 2 atom stereocenters. The van der Waals surface area contributed by atoms with Gasteiger partial charge in [-0.3, -0.25) is 9.78 Å². The van der Waals surface area contributed by atoms with Crippen LogP contribution in [0, 0.1) is 11.8 Å². The standard InChI is InChI=1S/C14H21N3O2/c15-8-10-3-1-2-4-11(10)9-19-12-5-6-17-13(7-12)14(16)18/h5-7,10-11H,1-4,8-9,15H2,(H2,16,18). The van der Waals surface area contributed by atoms with Crippen LogP contribution in [0.25, 0.3) is 0 Å². The van der Waals surface area contributed by atoms with Crippen LogP contribution in [0.1, 0.15) is 36.2 Å². The summed E-state index contributed by atoms with van der Waals surface area (Å²) >= 11 is 0. The van der Waals surface area contributed by atoms with E-state index < -0.39 is 5.91 Å². The lowest BCUT2D eigenvalue weighted by atomic mass is 9.80. The van der Waals surface area contributed by atoms with Crippen LogP contribution in [-0.4, -0.2) is 24.0 Å². The normalized spacial score (nSPS) is 23.0. The Bertz CT molecular complexity index is 436. The summed E-state index contributed by atoms with van der Waals surface area (Å²) < 4.78 is 5.77. The number of carbonyl (C=O) groups excluding carboxylic acids is 1. The molecule has 1 aliphatic rings. The van der Waals surface area contributed by atoms with Gasteiger partial charge in [-0.05, 0) is 37.3 Å². The van der Waals surface area contributed by atoms with Crippen molar-refractivity contribution in [2.24, 2.45) is 23.3 Å². The highest BCUT2D eigenvalue weighted by atomic mass is 16.5. The molecule has 5 nitrogen and oxygen atoms in total. The Morgan fingerprint density at radius 2 is 2.11 bits per heavy atom. The monoisotopic (exact) mass is 263 g/mol. The second-order valence-electron chi connectivity index (χ2n) is 5.09. The van der Waals surface area contributed by atoms with Gasteiger partial charge in [-0.2, -0.15) is 0 Å². The molecule has 2 unspecified atom stereocenters. The highest BCUT2D eigenvalue weighted by Crippen LogP contribution is 2.29. The Hall–Kier alpha value is -1.62. The van der Waals surface area contributed by atoms with Crippen LogP contribution in [0.2, 0.25) is 0 Å². The SMILES string of the molecule is NCC1CCCCC1COc1ccnc(C(N)=O)c1. The fourth-order valence-electron chi connectivity index (χ4n) is 2.65. The van der Waals surface area contributed by atoms with Crippen LogP contribution in [0.15, 0.2) is 18.3 Å². The zero-order chi connectivity index (χ0) is 13.7. The van der Waals surface area contributed by atoms with Crippen molar-refractivity contribution in [1.82, 2.24) is 4.98 Å². The summed E-state index contributed by atoms with van der Waals surface area (Å²) in [7, 11) is 0. The summed E-state index contributed by atoms with van der Waals surface area (Å²) in [6, 6.07) is 3.33. The van der Waals surface area contributed by atoms with Gasteiger partial charge in [0, 0.05) is 12.3 Å². The molecule has 0 bridgehead atoms. The highest BCUT2D eigenvalue weighted by Gasteiger charge is 2.24. The van der Waals surface area contributed by atoms with Crippen molar-refractivity contribution < 1.29 is 9.53 Å². The molecule has 0 radical (unpaired) electrons. The summed E-state index contributed by atoms with van der Waals surface area (Å²) in [6.07, 6.45) is 6.40. The lowest BCUT2D eigenvalue weighted by molar-refractivity contribution is 0.0994. The first-order valence-corrected chi connectivity index (χ1v) is 6.79. The zero-order valence-electron chi connectivity index (χ0n) is 11.0. The van der Waals surface area contributed by atoms with E-state index in [1.165, 1.54) is 25.5 Å². The molecule has 1 aromatic heterocycles. The minimum absolute atomic E-state index is 0.233. The molecule has 1 saturated carbocycles.